The third kappa shape index (κ3) is 5.59. The normalized spacial score (nSPS) is 14.3. The maximum absolute atomic E-state index is 13.5. The van der Waals surface area contributed by atoms with Gasteiger partial charge in [0.25, 0.3) is 0 Å². The Labute approximate surface area is 180 Å². The third-order valence-electron chi connectivity index (χ3n) is 5.45. The molecule has 0 spiro atoms. The number of fused-ring (bicyclic) bond motifs is 1. The Morgan fingerprint density at radius 1 is 1.16 bits per heavy atom. The molecular formula is C24H26FO5P. The summed E-state index contributed by atoms with van der Waals surface area (Å²) < 4.78 is 32.0. The Morgan fingerprint density at radius 3 is 2.48 bits per heavy atom. The fourth-order valence-electron chi connectivity index (χ4n) is 3.93. The zero-order valence-electron chi connectivity index (χ0n) is 17.5. The molecular weight excluding hydrogens is 418 g/mol. The first-order chi connectivity index (χ1) is 14.7. The van der Waals surface area contributed by atoms with E-state index in [-0.39, 0.29) is 18.1 Å². The molecule has 2 atom stereocenters. The van der Waals surface area contributed by atoms with Crippen LogP contribution in [0.3, 0.4) is 0 Å². The van der Waals surface area contributed by atoms with Crippen LogP contribution in [0.4, 0.5) is 4.39 Å². The number of rotatable bonds is 9. The molecule has 3 rings (SSSR count). The van der Waals surface area contributed by atoms with E-state index in [4.69, 9.17) is 9.63 Å². The number of carbonyl (C=O) groups is 1. The number of carboxylic acids is 1. The number of hydrogen-bond acceptors (Lipinski definition) is 4. The van der Waals surface area contributed by atoms with Gasteiger partial charge in [-0.25, -0.2) is 4.39 Å². The molecule has 164 valence electrons. The summed E-state index contributed by atoms with van der Waals surface area (Å²) in [5, 5.41) is 20.9. The van der Waals surface area contributed by atoms with E-state index in [0.29, 0.717) is 6.42 Å². The minimum Gasteiger partial charge on any atom is -0.481 e. The number of aliphatic hydroxyl groups excluding tert-OH is 1. The first kappa shape index (κ1) is 23.1. The highest BCUT2D eigenvalue weighted by Gasteiger charge is 2.28. The molecule has 0 radical (unpaired) electrons. The largest absolute Gasteiger partial charge is 0.481 e. The smallest absolute Gasteiger partial charge is 0.305 e. The van der Waals surface area contributed by atoms with Crippen molar-refractivity contribution in [1.29, 1.82) is 0 Å². The monoisotopic (exact) mass is 444 g/mol. The van der Waals surface area contributed by atoms with Crippen LogP contribution in [0.5, 0.6) is 0 Å². The lowest BCUT2D eigenvalue weighted by atomic mass is 9.89. The minimum atomic E-state index is -3.25. The van der Waals surface area contributed by atoms with Crippen LogP contribution in [0.15, 0.2) is 54.6 Å². The van der Waals surface area contributed by atoms with Gasteiger partial charge in [0.2, 0.25) is 7.37 Å². The van der Waals surface area contributed by atoms with Crippen LogP contribution in [-0.2, 0) is 20.3 Å². The molecule has 0 saturated carbocycles. The average Bonchev–Trinajstić information content (AvgIpc) is 2.72. The zero-order valence-corrected chi connectivity index (χ0v) is 18.4. The van der Waals surface area contributed by atoms with E-state index in [1.807, 2.05) is 31.2 Å². The Kier molecular flexibility index (Phi) is 7.26. The Balaban J connectivity index is 2.00. The molecule has 0 aliphatic carbocycles. The summed E-state index contributed by atoms with van der Waals surface area (Å²) in [6.45, 7) is 1.98. The maximum Gasteiger partial charge on any atom is 0.305 e. The maximum atomic E-state index is 13.5. The number of aryl methyl sites for hydroxylation is 1. The van der Waals surface area contributed by atoms with Crippen molar-refractivity contribution in [2.24, 2.45) is 0 Å². The second-order valence-electron chi connectivity index (χ2n) is 7.68. The molecule has 5 nitrogen and oxygen atoms in total. The molecule has 1 unspecified atom stereocenters. The highest BCUT2D eigenvalue weighted by Crippen LogP contribution is 2.48. The third-order valence-corrected chi connectivity index (χ3v) is 8.00. The van der Waals surface area contributed by atoms with Gasteiger partial charge in [0.15, 0.2) is 0 Å². The molecule has 0 aliphatic rings. The predicted molar refractivity (Wildman–Crippen MR) is 120 cm³/mol. The van der Waals surface area contributed by atoms with E-state index >= 15 is 0 Å². The van der Waals surface area contributed by atoms with Crippen LogP contribution in [0.1, 0.15) is 17.5 Å². The SMILES string of the molecule is COP(=O)(CCc1c(C)cc2ccccc2c1-c1ccc(F)cc1)C[C@@H](O)CC(=O)O. The van der Waals surface area contributed by atoms with Gasteiger partial charge >= 0.3 is 5.97 Å². The molecule has 3 aromatic carbocycles. The first-order valence-electron chi connectivity index (χ1n) is 10.0. The fraction of sp³-hybridized carbons (Fsp3) is 0.292. The van der Waals surface area contributed by atoms with Crippen LogP contribution in [-0.4, -0.2) is 41.7 Å². The number of hydrogen-bond donors (Lipinski definition) is 2. The quantitative estimate of drug-likeness (QED) is 0.440. The predicted octanol–water partition coefficient (Wildman–Crippen LogP) is 5.26. The van der Waals surface area contributed by atoms with Crippen LogP contribution < -0.4 is 0 Å². The summed E-state index contributed by atoms with van der Waals surface area (Å²) in [5.74, 6) is -1.47. The van der Waals surface area contributed by atoms with Gasteiger partial charge in [0.05, 0.1) is 18.7 Å². The number of aliphatic carboxylic acids is 1. The van der Waals surface area contributed by atoms with Gasteiger partial charge in [-0.2, -0.15) is 0 Å². The van der Waals surface area contributed by atoms with Crippen molar-refractivity contribution < 1.29 is 28.5 Å². The van der Waals surface area contributed by atoms with E-state index in [1.54, 1.807) is 12.1 Å². The molecule has 0 aliphatic heterocycles. The molecule has 0 aromatic heterocycles. The highest BCUT2D eigenvalue weighted by molar-refractivity contribution is 7.59. The van der Waals surface area contributed by atoms with E-state index < -0.39 is 25.9 Å². The topological polar surface area (TPSA) is 83.8 Å². The Bertz CT molecular complexity index is 1130. The van der Waals surface area contributed by atoms with Crippen molar-refractivity contribution in [2.45, 2.75) is 25.9 Å². The molecule has 0 fully saturated rings. The summed E-state index contributed by atoms with van der Waals surface area (Å²) >= 11 is 0. The van der Waals surface area contributed by atoms with E-state index in [0.717, 1.165) is 33.0 Å². The lowest BCUT2D eigenvalue weighted by Gasteiger charge is -2.21. The zero-order chi connectivity index (χ0) is 22.6. The summed E-state index contributed by atoms with van der Waals surface area (Å²) in [5.41, 5.74) is 3.78. The Morgan fingerprint density at radius 2 is 1.84 bits per heavy atom. The molecule has 31 heavy (non-hydrogen) atoms. The van der Waals surface area contributed by atoms with Gasteiger partial charge in [-0.05, 0) is 58.5 Å². The van der Waals surface area contributed by atoms with Crippen molar-refractivity contribution in [1.82, 2.24) is 0 Å². The lowest BCUT2D eigenvalue weighted by molar-refractivity contribution is -0.138. The minimum absolute atomic E-state index is 0.160. The number of carboxylic acid groups (broad SMARTS) is 1. The van der Waals surface area contributed by atoms with Crippen molar-refractivity contribution in [3.8, 4) is 11.1 Å². The van der Waals surface area contributed by atoms with Gasteiger partial charge in [0.1, 0.15) is 5.82 Å². The van der Waals surface area contributed by atoms with Gasteiger partial charge in [-0.1, -0.05) is 42.5 Å². The van der Waals surface area contributed by atoms with Crippen molar-refractivity contribution in [2.75, 3.05) is 19.4 Å². The molecule has 0 bridgehead atoms. The molecule has 0 saturated heterocycles. The second kappa shape index (κ2) is 9.73. The summed E-state index contributed by atoms with van der Waals surface area (Å²) in [4.78, 5) is 10.8. The van der Waals surface area contributed by atoms with Crippen LogP contribution in [0.2, 0.25) is 0 Å². The second-order valence-corrected chi connectivity index (χ2v) is 10.5. The summed E-state index contributed by atoms with van der Waals surface area (Å²) in [6.07, 6.45) is -1.36. The number of halogens is 1. The van der Waals surface area contributed by atoms with Crippen molar-refractivity contribution >= 4 is 24.1 Å². The summed E-state index contributed by atoms with van der Waals surface area (Å²) in [7, 11) is -1.93. The standard InChI is InChI=1S/C24H26FO5P/c1-16-13-18-5-3-4-6-22(18)24(17-7-9-19(25)10-8-17)21(16)11-12-31(29,30-2)15-20(26)14-23(27)28/h3-10,13,20,26H,11-12,14-15H2,1-2H3,(H,27,28)/t20-,31?/m0/s1. The van der Waals surface area contributed by atoms with Gasteiger partial charge in [-0.15, -0.1) is 0 Å². The van der Waals surface area contributed by atoms with Crippen LogP contribution in [0, 0.1) is 12.7 Å². The van der Waals surface area contributed by atoms with E-state index in [2.05, 4.69) is 6.07 Å². The van der Waals surface area contributed by atoms with Gasteiger partial charge in [0, 0.05) is 13.3 Å². The van der Waals surface area contributed by atoms with E-state index in [1.165, 1.54) is 19.2 Å². The van der Waals surface area contributed by atoms with Crippen LogP contribution >= 0.6 is 7.37 Å². The highest BCUT2D eigenvalue weighted by atomic mass is 31.2. The molecule has 3 aromatic rings. The van der Waals surface area contributed by atoms with Crippen molar-refractivity contribution in [3.63, 3.8) is 0 Å². The van der Waals surface area contributed by atoms with Crippen LogP contribution in [0.25, 0.3) is 21.9 Å². The molecule has 0 heterocycles. The average molecular weight is 444 g/mol. The number of benzene rings is 3. The Hall–Kier alpha value is -2.53. The molecule has 7 heteroatoms. The molecule has 0 amide bonds. The van der Waals surface area contributed by atoms with E-state index in [9.17, 15) is 18.9 Å². The lowest BCUT2D eigenvalue weighted by Crippen LogP contribution is -2.19. The molecule has 2 N–H and O–H groups in total. The fourth-order valence-corrected chi connectivity index (χ4v) is 5.78. The summed E-state index contributed by atoms with van der Waals surface area (Å²) in [6, 6.07) is 16.3. The van der Waals surface area contributed by atoms with Crippen molar-refractivity contribution in [3.05, 3.63) is 71.5 Å². The number of aliphatic hydroxyl groups is 1. The van der Waals surface area contributed by atoms with Gasteiger partial charge in [-0.3, -0.25) is 9.36 Å². The first-order valence-corrected chi connectivity index (χ1v) is 12.0. The van der Waals surface area contributed by atoms with Gasteiger partial charge < -0.3 is 14.7 Å².